The van der Waals surface area contributed by atoms with Crippen molar-refractivity contribution in [2.24, 2.45) is 0 Å². The summed E-state index contributed by atoms with van der Waals surface area (Å²) in [4.78, 5) is 2.91. The summed E-state index contributed by atoms with van der Waals surface area (Å²) >= 11 is 1.59. The fourth-order valence-corrected chi connectivity index (χ4v) is 3.12. The number of nitriles is 1. The van der Waals surface area contributed by atoms with Gasteiger partial charge in [0.25, 0.3) is 0 Å². The number of thiophene rings is 1. The normalized spacial score (nSPS) is 20.1. The number of hydrogen-bond acceptors (Lipinski definition) is 3. The molecule has 1 atom stereocenters. The van der Waals surface area contributed by atoms with Gasteiger partial charge in [-0.1, -0.05) is 0 Å². The van der Waals surface area contributed by atoms with Crippen LogP contribution in [0.1, 0.15) is 22.9 Å². The molecule has 0 bridgehead atoms. The smallest absolute Gasteiger partial charge is 0.113 e. The van der Waals surface area contributed by atoms with Crippen LogP contribution >= 0.6 is 11.3 Å². The van der Waals surface area contributed by atoms with Crippen LogP contribution in [0.5, 0.6) is 0 Å². The summed E-state index contributed by atoms with van der Waals surface area (Å²) in [5.41, 5.74) is 7.76. The quantitative estimate of drug-likeness (QED) is 0.691. The van der Waals surface area contributed by atoms with Gasteiger partial charge >= 0.3 is 0 Å². The van der Waals surface area contributed by atoms with Crippen molar-refractivity contribution < 1.29 is 4.90 Å². The predicted molar refractivity (Wildman–Crippen MR) is 57.2 cm³/mol. The minimum absolute atomic E-state index is 0.704. The van der Waals surface area contributed by atoms with Crippen LogP contribution in [0.4, 0.5) is 5.00 Å². The zero-order chi connectivity index (χ0) is 10.1. The summed E-state index contributed by atoms with van der Waals surface area (Å²) in [6.45, 7) is 5.53. The Kier molecular flexibility index (Phi) is 2.44. The second-order valence-electron chi connectivity index (χ2n) is 3.64. The van der Waals surface area contributed by atoms with Gasteiger partial charge in [-0.15, -0.1) is 11.3 Å². The number of quaternary nitrogens is 1. The molecule has 3 nitrogen and oxygen atoms in total. The van der Waals surface area contributed by atoms with Crippen molar-refractivity contribution in [2.75, 3.05) is 18.8 Å². The van der Waals surface area contributed by atoms with Gasteiger partial charge in [0.1, 0.15) is 17.6 Å². The van der Waals surface area contributed by atoms with Crippen molar-refractivity contribution in [3.05, 3.63) is 16.0 Å². The molecule has 1 aromatic rings. The maximum atomic E-state index is 8.96. The van der Waals surface area contributed by atoms with Crippen molar-refractivity contribution in [1.29, 1.82) is 5.26 Å². The maximum Gasteiger partial charge on any atom is 0.113 e. The SMILES string of the molecule is CC[NH+]1CCc2c(sc(N)c2C#N)C1. The van der Waals surface area contributed by atoms with E-state index in [1.165, 1.54) is 10.4 Å². The molecule has 0 fully saturated rings. The summed E-state index contributed by atoms with van der Waals surface area (Å²) in [5.74, 6) is 0. The van der Waals surface area contributed by atoms with Crippen LogP contribution in [0.3, 0.4) is 0 Å². The van der Waals surface area contributed by atoms with Gasteiger partial charge in [-0.2, -0.15) is 5.26 Å². The Balaban J connectivity index is 2.37. The fraction of sp³-hybridized carbons (Fsp3) is 0.500. The van der Waals surface area contributed by atoms with Gasteiger partial charge in [0, 0.05) is 6.42 Å². The first-order valence-corrected chi connectivity index (χ1v) is 5.71. The molecule has 1 aliphatic heterocycles. The Morgan fingerprint density at radius 2 is 2.43 bits per heavy atom. The van der Waals surface area contributed by atoms with E-state index < -0.39 is 0 Å². The zero-order valence-corrected chi connectivity index (χ0v) is 9.08. The van der Waals surface area contributed by atoms with Crippen molar-refractivity contribution >= 4 is 16.3 Å². The molecule has 4 heteroatoms. The second-order valence-corrected chi connectivity index (χ2v) is 4.77. The van der Waals surface area contributed by atoms with Crippen LogP contribution in [0.15, 0.2) is 0 Å². The number of anilines is 1. The van der Waals surface area contributed by atoms with Gasteiger partial charge in [0.05, 0.1) is 23.5 Å². The largest absolute Gasteiger partial charge is 0.389 e. The molecule has 2 heterocycles. The zero-order valence-electron chi connectivity index (χ0n) is 8.26. The predicted octanol–water partition coefficient (Wildman–Crippen LogP) is 0.163. The lowest BCUT2D eigenvalue weighted by Crippen LogP contribution is -3.11. The Labute approximate surface area is 87.7 Å². The highest BCUT2D eigenvalue weighted by molar-refractivity contribution is 7.16. The summed E-state index contributed by atoms with van der Waals surface area (Å²) < 4.78 is 0. The van der Waals surface area contributed by atoms with E-state index in [9.17, 15) is 0 Å². The molecule has 0 amide bonds. The number of nitrogens with two attached hydrogens (primary N) is 1. The van der Waals surface area contributed by atoms with E-state index in [4.69, 9.17) is 11.0 Å². The first kappa shape index (κ1) is 9.50. The van der Waals surface area contributed by atoms with E-state index in [0.717, 1.165) is 31.6 Å². The monoisotopic (exact) mass is 208 g/mol. The van der Waals surface area contributed by atoms with Gasteiger partial charge < -0.3 is 10.6 Å². The molecule has 74 valence electrons. The highest BCUT2D eigenvalue weighted by Crippen LogP contribution is 2.31. The van der Waals surface area contributed by atoms with Gasteiger partial charge in [0.15, 0.2) is 0 Å². The molecule has 0 aromatic carbocycles. The van der Waals surface area contributed by atoms with Crippen LogP contribution in [0.2, 0.25) is 0 Å². The third-order valence-corrected chi connectivity index (χ3v) is 3.93. The van der Waals surface area contributed by atoms with Crippen molar-refractivity contribution in [3.63, 3.8) is 0 Å². The molecule has 1 aromatic heterocycles. The molecule has 0 saturated carbocycles. The number of nitrogen functional groups attached to an aromatic ring is 1. The first-order valence-electron chi connectivity index (χ1n) is 4.90. The van der Waals surface area contributed by atoms with Gasteiger partial charge in [-0.25, -0.2) is 0 Å². The molecular formula is C10H14N3S+. The van der Waals surface area contributed by atoms with E-state index in [2.05, 4.69) is 13.0 Å². The lowest BCUT2D eigenvalue weighted by Gasteiger charge is -2.22. The minimum Gasteiger partial charge on any atom is -0.389 e. The lowest BCUT2D eigenvalue weighted by molar-refractivity contribution is -0.913. The summed E-state index contributed by atoms with van der Waals surface area (Å²) in [7, 11) is 0. The molecule has 0 saturated heterocycles. The van der Waals surface area contributed by atoms with E-state index in [1.54, 1.807) is 16.2 Å². The van der Waals surface area contributed by atoms with E-state index >= 15 is 0 Å². The number of nitrogens with zero attached hydrogens (tertiary/aromatic N) is 1. The van der Waals surface area contributed by atoms with Crippen LogP contribution < -0.4 is 10.6 Å². The summed E-state index contributed by atoms with van der Waals surface area (Å²) in [5, 5.41) is 9.66. The highest BCUT2D eigenvalue weighted by Gasteiger charge is 2.24. The second kappa shape index (κ2) is 3.60. The molecule has 0 aliphatic carbocycles. The van der Waals surface area contributed by atoms with E-state index in [-0.39, 0.29) is 0 Å². The highest BCUT2D eigenvalue weighted by atomic mass is 32.1. The Morgan fingerprint density at radius 3 is 3.07 bits per heavy atom. The number of fused-ring (bicyclic) bond motifs is 1. The standard InChI is InChI=1S/C10H13N3S/c1-2-13-4-3-7-8(5-11)10(12)14-9(7)6-13/h2-4,6,12H2,1H3/p+1. The van der Waals surface area contributed by atoms with Gasteiger partial charge in [-0.05, 0) is 12.5 Å². The molecule has 1 unspecified atom stereocenters. The molecule has 0 spiro atoms. The Hall–Kier alpha value is -1.05. The Bertz CT molecular complexity index is 389. The fourth-order valence-electron chi connectivity index (χ4n) is 1.98. The topological polar surface area (TPSA) is 54.2 Å². The van der Waals surface area contributed by atoms with Crippen molar-refractivity contribution in [2.45, 2.75) is 19.9 Å². The average Bonchev–Trinajstić information content (AvgIpc) is 2.51. The van der Waals surface area contributed by atoms with E-state index in [1.807, 2.05) is 0 Å². The molecule has 1 aliphatic rings. The van der Waals surface area contributed by atoms with Crippen LogP contribution in [-0.2, 0) is 13.0 Å². The maximum absolute atomic E-state index is 8.96. The van der Waals surface area contributed by atoms with Crippen LogP contribution in [0, 0.1) is 11.3 Å². The molecule has 2 rings (SSSR count). The number of hydrogen-bond donors (Lipinski definition) is 2. The van der Waals surface area contributed by atoms with Crippen molar-refractivity contribution in [3.8, 4) is 6.07 Å². The number of likely N-dealkylation sites (N-methyl/N-ethyl adjacent to an activating group) is 1. The van der Waals surface area contributed by atoms with Gasteiger partial charge in [-0.3, -0.25) is 0 Å². The van der Waals surface area contributed by atoms with Crippen molar-refractivity contribution in [1.82, 2.24) is 0 Å². The minimum atomic E-state index is 0.704. The third-order valence-electron chi connectivity index (χ3n) is 2.87. The number of rotatable bonds is 1. The summed E-state index contributed by atoms with van der Waals surface area (Å²) in [6, 6.07) is 2.21. The molecular weight excluding hydrogens is 194 g/mol. The van der Waals surface area contributed by atoms with Crippen LogP contribution in [-0.4, -0.2) is 13.1 Å². The lowest BCUT2D eigenvalue weighted by atomic mass is 10.0. The first-order chi connectivity index (χ1) is 6.76. The number of nitrogens with one attached hydrogen (secondary N) is 1. The average molecular weight is 208 g/mol. The Morgan fingerprint density at radius 1 is 1.64 bits per heavy atom. The van der Waals surface area contributed by atoms with Gasteiger partial charge in [0.2, 0.25) is 0 Å². The van der Waals surface area contributed by atoms with E-state index in [0.29, 0.717) is 5.00 Å². The summed E-state index contributed by atoms with van der Waals surface area (Å²) in [6.07, 6.45) is 1.01. The molecule has 3 N–H and O–H groups in total. The van der Waals surface area contributed by atoms with Crippen LogP contribution in [0.25, 0.3) is 0 Å². The molecule has 14 heavy (non-hydrogen) atoms. The third kappa shape index (κ3) is 1.39. The molecule has 0 radical (unpaired) electrons.